The Morgan fingerprint density at radius 1 is 0.783 bits per heavy atom. The van der Waals surface area contributed by atoms with Gasteiger partial charge < -0.3 is 15.3 Å². The molecule has 0 aromatic heterocycles. The van der Waals surface area contributed by atoms with Crippen LogP contribution in [0, 0.1) is 0 Å². The summed E-state index contributed by atoms with van der Waals surface area (Å²) < 4.78 is 0. The zero-order valence-corrected chi connectivity index (χ0v) is 15.3. The molecule has 23 heavy (non-hydrogen) atoms. The molecule has 2 atom stereocenters. The normalized spacial score (nSPS) is 16.3. The molecule has 0 bridgehead atoms. The lowest BCUT2D eigenvalue weighted by Gasteiger charge is -2.09. The minimum absolute atomic E-state index is 0.0178. The van der Waals surface area contributed by atoms with E-state index < -0.39 is 12.2 Å². The first-order valence-electron chi connectivity index (χ1n) is 8.35. The Morgan fingerprint density at radius 3 is 1.83 bits per heavy atom. The van der Waals surface area contributed by atoms with E-state index >= 15 is 0 Å². The second kappa shape index (κ2) is 12.3. The average molecular weight is 322 g/mol. The predicted octanol–water partition coefficient (Wildman–Crippen LogP) is 4.07. The maximum absolute atomic E-state index is 9.97. The van der Waals surface area contributed by atoms with Gasteiger partial charge in [0.25, 0.3) is 0 Å². The molecular formula is C20H34O3. The Hall–Kier alpha value is -1.16. The molecular weight excluding hydrogens is 288 g/mol. The molecule has 0 rings (SSSR count). The molecule has 2 unspecified atom stereocenters. The fourth-order valence-electron chi connectivity index (χ4n) is 2.44. The van der Waals surface area contributed by atoms with Gasteiger partial charge in [-0.25, -0.2) is 0 Å². The molecule has 0 saturated heterocycles. The van der Waals surface area contributed by atoms with Crippen molar-refractivity contribution in [2.24, 2.45) is 0 Å². The van der Waals surface area contributed by atoms with Crippen LogP contribution in [0.5, 0.6) is 0 Å². The van der Waals surface area contributed by atoms with Crippen LogP contribution in [0.2, 0.25) is 0 Å². The summed E-state index contributed by atoms with van der Waals surface area (Å²) in [5.41, 5.74) is 4.46. The third-order valence-electron chi connectivity index (χ3n) is 3.54. The Bertz CT molecular complexity index is 452. The van der Waals surface area contributed by atoms with Gasteiger partial charge in [-0.2, -0.15) is 0 Å². The van der Waals surface area contributed by atoms with Crippen molar-refractivity contribution >= 4 is 0 Å². The van der Waals surface area contributed by atoms with Gasteiger partial charge in [-0.1, -0.05) is 46.6 Å². The number of hydrogen-bond acceptors (Lipinski definition) is 3. The summed E-state index contributed by atoms with van der Waals surface area (Å²) in [5, 5.41) is 28.6. The first-order chi connectivity index (χ1) is 10.7. The highest BCUT2D eigenvalue weighted by atomic mass is 16.3. The minimum Gasteiger partial charge on any atom is -0.392 e. The highest BCUT2D eigenvalue weighted by Gasteiger charge is 2.03. The summed E-state index contributed by atoms with van der Waals surface area (Å²) >= 11 is 0. The van der Waals surface area contributed by atoms with Crippen molar-refractivity contribution in [2.75, 3.05) is 6.61 Å². The van der Waals surface area contributed by atoms with E-state index in [1.165, 1.54) is 5.57 Å². The Labute approximate surface area is 141 Å². The van der Waals surface area contributed by atoms with Crippen LogP contribution in [-0.4, -0.2) is 34.1 Å². The number of allylic oxidation sites excluding steroid dienone is 3. The van der Waals surface area contributed by atoms with Crippen LogP contribution < -0.4 is 0 Å². The highest BCUT2D eigenvalue weighted by Crippen LogP contribution is 2.14. The van der Waals surface area contributed by atoms with Crippen molar-refractivity contribution in [2.45, 2.75) is 72.5 Å². The topological polar surface area (TPSA) is 60.7 Å². The molecule has 0 spiro atoms. The van der Waals surface area contributed by atoms with Crippen LogP contribution in [0.3, 0.4) is 0 Å². The first-order valence-corrected chi connectivity index (χ1v) is 8.35. The molecule has 0 fully saturated rings. The average Bonchev–Trinajstić information content (AvgIpc) is 2.36. The second-order valence-corrected chi connectivity index (χ2v) is 6.62. The molecule has 3 nitrogen and oxygen atoms in total. The van der Waals surface area contributed by atoms with E-state index in [0.29, 0.717) is 12.8 Å². The molecule has 0 amide bonds. The van der Waals surface area contributed by atoms with Gasteiger partial charge in [-0.3, -0.25) is 0 Å². The lowest BCUT2D eigenvalue weighted by atomic mass is 10.0. The molecule has 0 aromatic carbocycles. The van der Waals surface area contributed by atoms with Gasteiger partial charge in [-0.15, -0.1) is 0 Å². The van der Waals surface area contributed by atoms with Gasteiger partial charge in [0.15, 0.2) is 0 Å². The fraction of sp³-hybridized carbons (Fsp3) is 0.600. The van der Waals surface area contributed by atoms with E-state index in [1.807, 2.05) is 46.8 Å². The zero-order valence-electron chi connectivity index (χ0n) is 15.3. The lowest BCUT2D eigenvalue weighted by Crippen LogP contribution is -2.04. The number of hydrogen-bond donors (Lipinski definition) is 3. The smallest absolute Gasteiger partial charge is 0.0760 e. The lowest BCUT2D eigenvalue weighted by molar-refractivity contribution is 0.222. The molecule has 0 radical (unpaired) electrons. The fourth-order valence-corrected chi connectivity index (χ4v) is 2.44. The summed E-state index contributed by atoms with van der Waals surface area (Å²) in [6.45, 7) is 9.96. The van der Waals surface area contributed by atoms with Gasteiger partial charge in [0.2, 0.25) is 0 Å². The van der Waals surface area contributed by atoms with E-state index in [1.54, 1.807) is 6.08 Å². The standard InChI is InChI=1S/C20H34O3/c1-15(2)11-19(22)12-16(3)7-6-8-17(4)13-20(23)14-18(5)9-10-21/h7,9,11,13,19-23H,6,8,10,12,14H2,1-5H3/b16-7+,17-13+,18-9+. The summed E-state index contributed by atoms with van der Waals surface area (Å²) in [6, 6.07) is 0. The van der Waals surface area contributed by atoms with Crippen LogP contribution in [0.1, 0.15) is 60.3 Å². The molecule has 132 valence electrons. The van der Waals surface area contributed by atoms with Gasteiger partial charge in [0.1, 0.15) is 0 Å². The maximum atomic E-state index is 9.97. The molecule has 3 N–H and O–H groups in total. The van der Waals surface area contributed by atoms with Crippen LogP contribution in [0.4, 0.5) is 0 Å². The quantitative estimate of drug-likeness (QED) is 0.531. The Morgan fingerprint density at radius 2 is 1.30 bits per heavy atom. The van der Waals surface area contributed by atoms with Crippen LogP contribution in [0.15, 0.2) is 46.6 Å². The largest absolute Gasteiger partial charge is 0.392 e. The third-order valence-corrected chi connectivity index (χ3v) is 3.54. The minimum atomic E-state index is -0.498. The third kappa shape index (κ3) is 13.0. The van der Waals surface area contributed by atoms with E-state index in [2.05, 4.69) is 6.08 Å². The van der Waals surface area contributed by atoms with E-state index in [0.717, 1.165) is 29.6 Å². The second-order valence-electron chi connectivity index (χ2n) is 6.62. The van der Waals surface area contributed by atoms with E-state index in [4.69, 9.17) is 5.11 Å². The predicted molar refractivity (Wildman–Crippen MR) is 98.3 cm³/mol. The van der Waals surface area contributed by atoms with Gasteiger partial charge in [0.05, 0.1) is 18.8 Å². The molecule has 0 aromatic rings. The van der Waals surface area contributed by atoms with Crippen LogP contribution in [-0.2, 0) is 0 Å². The Balaban J connectivity index is 4.29. The Kier molecular flexibility index (Phi) is 11.7. The molecule has 0 saturated carbocycles. The van der Waals surface area contributed by atoms with E-state index in [9.17, 15) is 10.2 Å². The number of aliphatic hydroxyl groups is 3. The number of rotatable bonds is 10. The molecule has 0 aliphatic carbocycles. The molecule has 0 aliphatic heterocycles. The summed E-state index contributed by atoms with van der Waals surface area (Å²) in [6.07, 6.45) is 9.77. The molecule has 3 heteroatoms. The van der Waals surface area contributed by atoms with Gasteiger partial charge in [0, 0.05) is 0 Å². The van der Waals surface area contributed by atoms with Crippen molar-refractivity contribution in [1.82, 2.24) is 0 Å². The van der Waals surface area contributed by atoms with Crippen molar-refractivity contribution in [3.63, 3.8) is 0 Å². The summed E-state index contributed by atoms with van der Waals surface area (Å²) in [7, 11) is 0. The maximum Gasteiger partial charge on any atom is 0.0760 e. The molecule has 0 aliphatic rings. The van der Waals surface area contributed by atoms with Crippen molar-refractivity contribution < 1.29 is 15.3 Å². The first kappa shape index (κ1) is 21.8. The van der Waals surface area contributed by atoms with Crippen molar-refractivity contribution in [3.05, 3.63) is 46.6 Å². The zero-order chi connectivity index (χ0) is 17.8. The summed E-state index contributed by atoms with van der Waals surface area (Å²) in [4.78, 5) is 0. The van der Waals surface area contributed by atoms with Crippen molar-refractivity contribution in [3.8, 4) is 0 Å². The SMILES string of the molecule is CC(C)=CC(O)C/C(C)=C/CC/C(C)=C/C(O)C/C(C)=C/CO. The molecule has 0 heterocycles. The number of aliphatic hydroxyl groups excluding tert-OH is 3. The van der Waals surface area contributed by atoms with Crippen molar-refractivity contribution in [1.29, 1.82) is 0 Å². The van der Waals surface area contributed by atoms with Crippen LogP contribution in [0.25, 0.3) is 0 Å². The van der Waals surface area contributed by atoms with Gasteiger partial charge >= 0.3 is 0 Å². The van der Waals surface area contributed by atoms with Gasteiger partial charge in [-0.05, 0) is 60.3 Å². The van der Waals surface area contributed by atoms with Crippen LogP contribution >= 0.6 is 0 Å². The highest BCUT2D eigenvalue weighted by molar-refractivity contribution is 5.10. The monoisotopic (exact) mass is 322 g/mol. The van der Waals surface area contributed by atoms with E-state index in [-0.39, 0.29) is 6.61 Å². The summed E-state index contributed by atoms with van der Waals surface area (Å²) in [5.74, 6) is 0.